The number of nitro benzene ring substituents is 1. The maximum Gasteiger partial charge on any atom is 0.294 e. The van der Waals surface area contributed by atoms with Gasteiger partial charge in [-0.05, 0) is 30.0 Å². The third-order valence-electron chi connectivity index (χ3n) is 4.86. The zero-order valence-electron chi connectivity index (χ0n) is 16.5. The molecule has 1 aromatic carbocycles. The lowest BCUT2D eigenvalue weighted by Gasteiger charge is -2.27. The molecule has 10 nitrogen and oxygen atoms in total. The summed E-state index contributed by atoms with van der Waals surface area (Å²) < 4.78 is 10.9. The molecule has 0 bridgehead atoms. The molecule has 32 heavy (non-hydrogen) atoms. The van der Waals surface area contributed by atoms with Gasteiger partial charge in [-0.1, -0.05) is 11.6 Å². The molecule has 2 saturated heterocycles. The van der Waals surface area contributed by atoms with E-state index in [4.69, 9.17) is 20.8 Å². The number of nitro groups is 1. The van der Waals surface area contributed by atoms with E-state index < -0.39 is 16.1 Å². The average Bonchev–Trinajstić information content (AvgIpc) is 3.34. The highest BCUT2D eigenvalue weighted by atomic mass is 35.5. The Kier molecular flexibility index (Phi) is 6.31. The fourth-order valence-electron chi connectivity index (χ4n) is 3.20. The fourth-order valence-corrected chi connectivity index (χ4v) is 4.23. The molecule has 12 heteroatoms. The largest absolute Gasteiger partial charge is 0.457 e. The van der Waals surface area contributed by atoms with Gasteiger partial charge >= 0.3 is 0 Å². The molecule has 0 unspecified atom stereocenters. The third kappa shape index (κ3) is 4.54. The molecule has 2 fully saturated rings. The summed E-state index contributed by atoms with van der Waals surface area (Å²) in [5.74, 6) is -0.385. The normalized spacial score (nSPS) is 18.0. The summed E-state index contributed by atoms with van der Waals surface area (Å²) >= 11 is 6.85. The molecule has 166 valence electrons. The van der Waals surface area contributed by atoms with E-state index in [2.05, 4.69) is 0 Å². The van der Waals surface area contributed by atoms with E-state index in [0.29, 0.717) is 43.6 Å². The zero-order valence-corrected chi connectivity index (χ0v) is 18.1. The molecule has 2 aliphatic rings. The Balaban J connectivity index is 1.50. The first-order chi connectivity index (χ1) is 15.3. The number of amides is 3. The number of carbonyl (C=O) groups excluding carboxylic acids is 3. The average molecular weight is 478 g/mol. The van der Waals surface area contributed by atoms with E-state index in [9.17, 15) is 24.5 Å². The quantitative estimate of drug-likeness (QED) is 0.364. The van der Waals surface area contributed by atoms with E-state index in [-0.39, 0.29) is 39.6 Å². The summed E-state index contributed by atoms with van der Waals surface area (Å²) in [5, 5.41) is 10.7. The summed E-state index contributed by atoms with van der Waals surface area (Å²) in [7, 11) is 0. The topological polar surface area (TPSA) is 123 Å². The van der Waals surface area contributed by atoms with Gasteiger partial charge in [0.25, 0.3) is 16.8 Å². The van der Waals surface area contributed by atoms with Gasteiger partial charge in [-0.15, -0.1) is 0 Å². The van der Waals surface area contributed by atoms with Gasteiger partial charge in [-0.25, -0.2) is 0 Å². The minimum Gasteiger partial charge on any atom is -0.457 e. The molecule has 1 aromatic heterocycles. The molecular weight excluding hydrogens is 462 g/mol. The molecule has 2 aliphatic heterocycles. The smallest absolute Gasteiger partial charge is 0.294 e. The van der Waals surface area contributed by atoms with Crippen LogP contribution in [0.25, 0.3) is 17.4 Å². The van der Waals surface area contributed by atoms with Crippen molar-refractivity contribution in [3.05, 3.63) is 56.1 Å². The van der Waals surface area contributed by atoms with Crippen LogP contribution in [0.3, 0.4) is 0 Å². The van der Waals surface area contributed by atoms with Gasteiger partial charge in [-0.2, -0.15) is 0 Å². The maximum absolute atomic E-state index is 12.7. The number of thioether (sulfide) groups is 1. The van der Waals surface area contributed by atoms with Crippen molar-refractivity contribution >= 4 is 52.2 Å². The van der Waals surface area contributed by atoms with Crippen LogP contribution in [0, 0.1) is 10.1 Å². The van der Waals surface area contributed by atoms with Crippen LogP contribution in [0.5, 0.6) is 0 Å². The van der Waals surface area contributed by atoms with Gasteiger partial charge in [0.05, 0.1) is 28.1 Å². The Morgan fingerprint density at radius 2 is 1.97 bits per heavy atom. The van der Waals surface area contributed by atoms with Crippen LogP contribution in [0.1, 0.15) is 5.76 Å². The van der Waals surface area contributed by atoms with Crippen LogP contribution in [0.15, 0.2) is 39.7 Å². The molecule has 0 atom stereocenters. The number of halogens is 1. The lowest BCUT2D eigenvalue weighted by molar-refractivity contribution is -0.384. The Hall–Kier alpha value is -3.15. The molecule has 0 radical (unpaired) electrons. The van der Waals surface area contributed by atoms with Crippen molar-refractivity contribution in [1.82, 2.24) is 9.80 Å². The number of hydrogen-bond donors (Lipinski definition) is 0. The Labute approximate surface area is 190 Å². The lowest BCUT2D eigenvalue weighted by Crippen LogP contribution is -2.46. The first-order valence-corrected chi connectivity index (χ1v) is 10.7. The summed E-state index contributed by atoms with van der Waals surface area (Å²) in [6, 6.07) is 7.08. The molecule has 0 N–H and O–H groups in total. The number of non-ortho nitro benzene ring substituents is 1. The predicted octanol–water partition coefficient (Wildman–Crippen LogP) is 3.40. The van der Waals surface area contributed by atoms with Crippen LogP contribution in [0.4, 0.5) is 10.5 Å². The SMILES string of the molecule is O=C(CN1C(=O)S/C(=C/c2ccc(-c3cc([N+](=O)[O-])ccc3Cl)o2)C1=O)N1CCOCC1. The van der Waals surface area contributed by atoms with Crippen molar-refractivity contribution in [2.75, 3.05) is 32.8 Å². The second-order valence-electron chi connectivity index (χ2n) is 6.88. The molecule has 0 aliphatic carbocycles. The number of furan rings is 1. The number of carbonyl (C=O) groups is 3. The van der Waals surface area contributed by atoms with Crippen molar-refractivity contribution in [1.29, 1.82) is 0 Å². The van der Waals surface area contributed by atoms with Crippen LogP contribution < -0.4 is 0 Å². The second kappa shape index (κ2) is 9.15. The van der Waals surface area contributed by atoms with Gasteiger partial charge in [0, 0.05) is 36.9 Å². The van der Waals surface area contributed by atoms with E-state index >= 15 is 0 Å². The van der Waals surface area contributed by atoms with Crippen molar-refractivity contribution < 1.29 is 28.5 Å². The van der Waals surface area contributed by atoms with E-state index in [1.54, 1.807) is 17.0 Å². The van der Waals surface area contributed by atoms with Crippen molar-refractivity contribution in [3.63, 3.8) is 0 Å². The van der Waals surface area contributed by atoms with Crippen molar-refractivity contribution in [3.8, 4) is 11.3 Å². The number of morpholine rings is 1. The summed E-state index contributed by atoms with van der Waals surface area (Å²) in [6.45, 7) is 1.33. The number of nitrogens with zero attached hydrogens (tertiary/aromatic N) is 3. The molecular formula is C20H16ClN3O7S. The maximum atomic E-state index is 12.7. The minimum absolute atomic E-state index is 0.107. The van der Waals surface area contributed by atoms with Gasteiger partial charge in [-0.3, -0.25) is 29.4 Å². The van der Waals surface area contributed by atoms with E-state index in [0.717, 1.165) is 4.90 Å². The van der Waals surface area contributed by atoms with Crippen LogP contribution >= 0.6 is 23.4 Å². The number of ether oxygens (including phenoxy) is 1. The number of hydrogen-bond acceptors (Lipinski definition) is 8. The third-order valence-corrected chi connectivity index (χ3v) is 6.09. The minimum atomic E-state index is -0.590. The highest BCUT2D eigenvalue weighted by molar-refractivity contribution is 8.18. The Morgan fingerprint density at radius 3 is 2.69 bits per heavy atom. The zero-order chi connectivity index (χ0) is 22.8. The molecule has 3 heterocycles. The van der Waals surface area contributed by atoms with Crippen molar-refractivity contribution in [2.24, 2.45) is 0 Å². The molecule has 0 saturated carbocycles. The van der Waals surface area contributed by atoms with E-state index in [1.807, 2.05) is 0 Å². The number of rotatable bonds is 5. The Morgan fingerprint density at radius 1 is 1.22 bits per heavy atom. The van der Waals surface area contributed by atoms with Gasteiger partial charge in [0.15, 0.2) is 0 Å². The van der Waals surface area contributed by atoms with Crippen LogP contribution in [-0.4, -0.2) is 64.6 Å². The summed E-state index contributed by atoms with van der Waals surface area (Å²) in [5.41, 5.74) is 0.179. The molecule has 3 amide bonds. The highest BCUT2D eigenvalue weighted by Gasteiger charge is 2.37. The standard InChI is InChI=1S/C20H16ClN3O7S/c21-15-3-1-12(24(28)29)9-14(15)16-4-2-13(31-16)10-17-19(26)23(20(27)32-17)11-18(25)22-5-7-30-8-6-22/h1-4,9-10H,5-8,11H2/b17-10+. The Bertz CT molecular complexity index is 1140. The van der Waals surface area contributed by atoms with Gasteiger partial charge < -0.3 is 14.1 Å². The molecule has 4 rings (SSSR count). The van der Waals surface area contributed by atoms with Crippen LogP contribution in [-0.2, 0) is 14.3 Å². The highest BCUT2D eigenvalue weighted by Crippen LogP contribution is 2.35. The van der Waals surface area contributed by atoms with Gasteiger partial charge in [0.1, 0.15) is 18.1 Å². The summed E-state index contributed by atoms with van der Waals surface area (Å²) in [4.78, 5) is 50.4. The van der Waals surface area contributed by atoms with Crippen molar-refractivity contribution in [2.45, 2.75) is 0 Å². The lowest BCUT2D eigenvalue weighted by atomic mass is 10.1. The number of benzene rings is 1. The molecule has 2 aromatic rings. The number of imide groups is 1. The predicted molar refractivity (Wildman–Crippen MR) is 116 cm³/mol. The fraction of sp³-hybridized carbons (Fsp3) is 0.250. The van der Waals surface area contributed by atoms with Crippen LogP contribution in [0.2, 0.25) is 5.02 Å². The van der Waals surface area contributed by atoms with Gasteiger partial charge in [0.2, 0.25) is 5.91 Å². The molecule has 0 spiro atoms. The first-order valence-electron chi connectivity index (χ1n) is 9.48. The second-order valence-corrected chi connectivity index (χ2v) is 8.28. The monoisotopic (exact) mass is 477 g/mol. The van der Waals surface area contributed by atoms with E-state index in [1.165, 1.54) is 24.3 Å². The first kappa shape index (κ1) is 22.1. The summed E-state index contributed by atoms with van der Waals surface area (Å²) in [6.07, 6.45) is 1.39.